The normalized spacial score (nSPS) is 11.5. The zero-order chi connectivity index (χ0) is 19.9. The van der Waals surface area contributed by atoms with Crippen LogP contribution in [0.4, 0.5) is 5.95 Å². The Morgan fingerprint density at radius 2 is 1.86 bits per heavy atom. The summed E-state index contributed by atoms with van der Waals surface area (Å²) in [5.74, 6) is 1.70. The minimum Gasteiger partial charge on any atom is -0.494 e. The van der Waals surface area contributed by atoms with Crippen molar-refractivity contribution in [1.82, 2.24) is 10.1 Å². The predicted octanol–water partition coefficient (Wildman–Crippen LogP) is 3.55. The van der Waals surface area contributed by atoms with E-state index in [4.69, 9.17) is 18.7 Å². The first-order valence-electron chi connectivity index (χ1n) is 8.78. The molecule has 146 valence electrons. The van der Waals surface area contributed by atoms with Crippen molar-refractivity contribution in [2.75, 3.05) is 19.0 Å². The molecule has 28 heavy (non-hydrogen) atoms. The van der Waals surface area contributed by atoms with Crippen LogP contribution in [-0.2, 0) is 4.79 Å². The van der Waals surface area contributed by atoms with Gasteiger partial charge in [0, 0.05) is 5.56 Å². The largest absolute Gasteiger partial charge is 0.494 e. The number of rotatable bonds is 8. The van der Waals surface area contributed by atoms with Crippen LogP contribution in [0.15, 0.2) is 53.1 Å². The van der Waals surface area contributed by atoms with Crippen LogP contribution in [0.1, 0.15) is 13.8 Å². The SMILES string of the molecule is CCOc1ccc(-c2nc(NC(=O)[C@@H](C)Oc3ccccc3OC)no2)cc1. The number of amides is 1. The second kappa shape index (κ2) is 8.90. The van der Waals surface area contributed by atoms with Gasteiger partial charge in [-0.1, -0.05) is 12.1 Å². The highest BCUT2D eigenvalue weighted by molar-refractivity contribution is 5.92. The molecule has 0 radical (unpaired) electrons. The Hall–Kier alpha value is -3.55. The van der Waals surface area contributed by atoms with Gasteiger partial charge < -0.3 is 18.7 Å². The number of carbonyl (C=O) groups is 1. The topological polar surface area (TPSA) is 95.7 Å². The average molecular weight is 383 g/mol. The van der Waals surface area contributed by atoms with Gasteiger partial charge in [0.1, 0.15) is 5.75 Å². The number of nitrogens with one attached hydrogen (secondary N) is 1. The fourth-order valence-corrected chi connectivity index (χ4v) is 2.42. The number of hydrogen-bond acceptors (Lipinski definition) is 7. The number of ether oxygens (including phenoxy) is 3. The lowest BCUT2D eigenvalue weighted by Gasteiger charge is -2.15. The number of para-hydroxylation sites is 2. The maximum absolute atomic E-state index is 12.4. The molecule has 1 heterocycles. The zero-order valence-electron chi connectivity index (χ0n) is 15.8. The van der Waals surface area contributed by atoms with Crippen LogP contribution in [0.3, 0.4) is 0 Å². The van der Waals surface area contributed by atoms with Crippen LogP contribution in [0.5, 0.6) is 17.2 Å². The molecule has 0 aliphatic heterocycles. The van der Waals surface area contributed by atoms with E-state index < -0.39 is 12.0 Å². The molecule has 3 rings (SSSR count). The molecule has 0 fully saturated rings. The molecule has 0 aliphatic rings. The van der Waals surface area contributed by atoms with Gasteiger partial charge in [0.05, 0.1) is 13.7 Å². The van der Waals surface area contributed by atoms with E-state index in [0.29, 0.717) is 18.1 Å². The van der Waals surface area contributed by atoms with E-state index in [-0.39, 0.29) is 11.8 Å². The highest BCUT2D eigenvalue weighted by atomic mass is 16.5. The van der Waals surface area contributed by atoms with Crippen LogP contribution in [0.25, 0.3) is 11.5 Å². The summed E-state index contributed by atoms with van der Waals surface area (Å²) in [6, 6.07) is 14.3. The van der Waals surface area contributed by atoms with E-state index in [1.165, 1.54) is 7.11 Å². The van der Waals surface area contributed by atoms with E-state index in [9.17, 15) is 4.79 Å². The van der Waals surface area contributed by atoms with Crippen LogP contribution in [0.2, 0.25) is 0 Å². The summed E-state index contributed by atoms with van der Waals surface area (Å²) in [5.41, 5.74) is 0.717. The van der Waals surface area contributed by atoms with Crippen LogP contribution in [-0.4, -0.2) is 35.9 Å². The summed E-state index contributed by atoms with van der Waals surface area (Å²) < 4.78 is 21.5. The van der Waals surface area contributed by atoms with Crippen LogP contribution in [0, 0.1) is 0 Å². The molecule has 1 N–H and O–H groups in total. The van der Waals surface area contributed by atoms with Gasteiger partial charge in [0.15, 0.2) is 17.6 Å². The zero-order valence-corrected chi connectivity index (χ0v) is 15.8. The van der Waals surface area contributed by atoms with Crippen molar-refractivity contribution in [2.45, 2.75) is 20.0 Å². The first-order valence-corrected chi connectivity index (χ1v) is 8.78. The maximum atomic E-state index is 12.4. The van der Waals surface area contributed by atoms with Crippen molar-refractivity contribution in [2.24, 2.45) is 0 Å². The fraction of sp³-hybridized carbons (Fsp3) is 0.250. The Morgan fingerprint density at radius 3 is 2.54 bits per heavy atom. The van der Waals surface area contributed by atoms with Gasteiger partial charge >= 0.3 is 0 Å². The van der Waals surface area contributed by atoms with Gasteiger partial charge in [0.25, 0.3) is 17.7 Å². The lowest BCUT2D eigenvalue weighted by atomic mass is 10.2. The number of carbonyl (C=O) groups excluding carboxylic acids is 1. The lowest BCUT2D eigenvalue weighted by molar-refractivity contribution is -0.122. The maximum Gasteiger partial charge on any atom is 0.270 e. The molecule has 0 bridgehead atoms. The van der Waals surface area contributed by atoms with E-state index in [0.717, 1.165) is 11.3 Å². The fourth-order valence-electron chi connectivity index (χ4n) is 2.42. The van der Waals surface area contributed by atoms with Gasteiger partial charge in [-0.25, -0.2) is 0 Å². The minimum atomic E-state index is -0.788. The summed E-state index contributed by atoms with van der Waals surface area (Å²) in [6.07, 6.45) is -0.788. The highest BCUT2D eigenvalue weighted by Crippen LogP contribution is 2.27. The van der Waals surface area contributed by atoms with Gasteiger partial charge in [-0.3, -0.25) is 10.1 Å². The highest BCUT2D eigenvalue weighted by Gasteiger charge is 2.19. The number of nitrogens with zero attached hydrogens (tertiary/aromatic N) is 2. The van der Waals surface area contributed by atoms with Gasteiger partial charge in [-0.05, 0) is 55.4 Å². The van der Waals surface area contributed by atoms with Crippen molar-refractivity contribution in [3.05, 3.63) is 48.5 Å². The number of anilines is 1. The number of methoxy groups -OCH3 is 1. The molecule has 0 saturated heterocycles. The van der Waals surface area contributed by atoms with Crippen molar-refractivity contribution in [3.63, 3.8) is 0 Å². The lowest BCUT2D eigenvalue weighted by Crippen LogP contribution is -2.30. The van der Waals surface area contributed by atoms with E-state index in [1.807, 2.05) is 25.1 Å². The Bertz CT molecular complexity index is 924. The van der Waals surface area contributed by atoms with Crippen molar-refractivity contribution < 1.29 is 23.5 Å². The molecule has 1 aromatic heterocycles. The molecule has 8 nitrogen and oxygen atoms in total. The van der Waals surface area contributed by atoms with Gasteiger partial charge in [0.2, 0.25) is 0 Å². The standard InChI is InChI=1S/C20H21N3O5/c1-4-26-15-11-9-14(10-12-15)19-22-20(23-28-19)21-18(24)13(2)27-17-8-6-5-7-16(17)25-3/h5-13H,4H2,1-3H3,(H,21,23,24)/t13-/m1/s1. The van der Waals surface area contributed by atoms with E-state index in [2.05, 4.69) is 15.5 Å². The second-order valence-corrected chi connectivity index (χ2v) is 5.78. The summed E-state index contributed by atoms with van der Waals surface area (Å²) in [6.45, 7) is 4.12. The molecule has 0 aliphatic carbocycles. The average Bonchev–Trinajstić information content (AvgIpc) is 3.17. The van der Waals surface area contributed by atoms with Crippen molar-refractivity contribution >= 4 is 11.9 Å². The Labute approximate surface area is 162 Å². The van der Waals surface area contributed by atoms with Crippen LogP contribution < -0.4 is 19.5 Å². The first kappa shape index (κ1) is 19.2. The van der Waals surface area contributed by atoms with Crippen molar-refractivity contribution in [1.29, 1.82) is 0 Å². The summed E-state index contributed by atoms with van der Waals surface area (Å²) >= 11 is 0. The molecule has 0 spiro atoms. The number of benzene rings is 2. The molecular formula is C20H21N3O5. The molecule has 0 saturated carbocycles. The Morgan fingerprint density at radius 1 is 1.14 bits per heavy atom. The quantitative estimate of drug-likeness (QED) is 0.635. The number of aromatic nitrogens is 2. The summed E-state index contributed by atoms with van der Waals surface area (Å²) in [5, 5.41) is 6.36. The summed E-state index contributed by atoms with van der Waals surface area (Å²) in [4.78, 5) is 16.6. The Kier molecular flexibility index (Phi) is 6.11. The van der Waals surface area contributed by atoms with Crippen LogP contribution >= 0.6 is 0 Å². The van der Waals surface area contributed by atoms with E-state index in [1.54, 1.807) is 37.3 Å². The second-order valence-electron chi connectivity index (χ2n) is 5.78. The summed E-state index contributed by atoms with van der Waals surface area (Å²) in [7, 11) is 1.54. The molecule has 1 amide bonds. The minimum absolute atomic E-state index is 0.0596. The smallest absolute Gasteiger partial charge is 0.270 e. The molecule has 3 aromatic rings. The first-order chi connectivity index (χ1) is 13.6. The monoisotopic (exact) mass is 383 g/mol. The Balaban J connectivity index is 1.63. The molecule has 8 heteroatoms. The molecule has 2 aromatic carbocycles. The van der Waals surface area contributed by atoms with Gasteiger partial charge in [-0.15, -0.1) is 0 Å². The molecule has 1 atom stereocenters. The predicted molar refractivity (Wildman–Crippen MR) is 103 cm³/mol. The third-order valence-electron chi connectivity index (χ3n) is 3.82. The molecular weight excluding hydrogens is 362 g/mol. The van der Waals surface area contributed by atoms with E-state index >= 15 is 0 Å². The third kappa shape index (κ3) is 4.59. The molecule has 0 unspecified atom stereocenters. The number of hydrogen-bond donors (Lipinski definition) is 1. The van der Waals surface area contributed by atoms with Crippen molar-refractivity contribution in [3.8, 4) is 28.7 Å². The van der Waals surface area contributed by atoms with Gasteiger partial charge in [-0.2, -0.15) is 4.98 Å². The third-order valence-corrected chi connectivity index (χ3v) is 3.82.